The summed E-state index contributed by atoms with van der Waals surface area (Å²) in [6.07, 6.45) is 3.15. The van der Waals surface area contributed by atoms with Crippen LogP contribution in [0.25, 0.3) is 0 Å². The number of benzene rings is 1. The predicted octanol–water partition coefficient (Wildman–Crippen LogP) is 3.69. The minimum Gasteiger partial charge on any atom is -0.496 e. The molecule has 1 aromatic rings. The van der Waals surface area contributed by atoms with E-state index in [1.165, 1.54) is 0 Å². The Morgan fingerprint density at radius 3 is 2.63 bits per heavy atom. The maximum atomic E-state index is 12.8. The van der Waals surface area contributed by atoms with Gasteiger partial charge < -0.3 is 14.5 Å². The summed E-state index contributed by atoms with van der Waals surface area (Å²) in [6, 6.07) is 8.02. The van der Waals surface area contributed by atoms with Crippen molar-refractivity contribution in [3.8, 4) is 5.75 Å². The van der Waals surface area contributed by atoms with E-state index >= 15 is 0 Å². The van der Waals surface area contributed by atoms with Gasteiger partial charge in [0.25, 0.3) is 0 Å². The molecule has 0 spiro atoms. The van der Waals surface area contributed by atoms with E-state index in [0.29, 0.717) is 13.1 Å². The maximum absolute atomic E-state index is 12.8. The number of nitrogens with zero attached hydrogens (tertiary/aromatic N) is 2. The number of ether oxygens (including phenoxy) is 1. The van der Waals surface area contributed by atoms with Crippen molar-refractivity contribution in [1.82, 2.24) is 9.80 Å². The Bertz CT molecular complexity index is 690. The number of hydrogen-bond donors (Lipinski definition) is 0. The number of amides is 2. The standard InChI is InChI=1S/C21H30N2O3S/c1-14(2)22(20(25)16-8-7-9-16)12-13-23-19(24)15(3)27-21(23)17-10-5-6-11-18(17)26-4/h5-6,10-11,14-16,21H,7-9,12-13H2,1-4H3/t15-,21+/m0/s1. The molecule has 1 aliphatic carbocycles. The summed E-state index contributed by atoms with van der Waals surface area (Å²) in [5, 5.41) is -0.161. The average molecular weight is 391 g/mol. The molecule has 27 heavy (non-hydrogen) atoms. The second kappa shape index (κ2) is 8.55. The van der Waals surface area contributed by atoms with Crippen LogP contribution in [-0.2, 0) is 9.59 Å². The highest BCUT2D eigenvalue weighted by Crippen LogP contribution is 2.45. The number of hydrogen-bond acceptors (Lipinski definition) is 4. The van der Waals surface area contributed by atoms with Gasteiger partial charge in [0, 0.05) is 30.6 Å². The minimum atomic E-state index is -0.0882. The number of carbonyl (C=O) groups excluding carboxylic acids is 2. The van der Waals surface area contributed by atoms with Crippen LogP contribution in [0.2, 0.25) is 0 Å². The molecule has 6 heteroatoms. The van der Waals surface area contributed by atoms with Gasteiger partial charge >= 0.3 is 0 Å². The van der Waals surface area contributed by atoms with Gasteiger partial charge in [-0.15, -0.1) is 11.8 Å². The van der Waals surface area contributed by atoms with Crippen LogP contribution in [0.15, 0.2) is 24.3 Å². The van der Waals surface area contributed by atoms with Crippen LogP contribution in [0.5, 0.6) is 5.75 Å². The van der Waals surface area contributed by atoms with Gasteiger partial charge in [-0.1, -0.05) is 24.6 Å². The molecule has 3 rings (SSSR count). The van der Waals surface area contributed by atoms with Crippen molar-refractivity contribution in [3.63, 3.8) is 0 Å². The molecular formula is C21H30N2O3S. The van der Waals surface area contributed by atoms with Crippen molar-refractivity contribution in [3.05, 3.63) is 29.8 Å². The second-order valence-corrected chi connectivity index (χ2v) is 9.08. The Hall–Kier alpha value is -1.69. The van der Waals surface area contributed by atoms with Gasteiger partial charge in [0.1, 0.15) is 11.1 Å². The Morgan fingerprint density at radius 2 is 2.04 bits per heavy atom. The maximum Gasteiger partial charge on any atom is 0.236 e. The molecule has 0 unspecified atom stereocenters. The van der Waals surface area contributed by atoms with Crippen LogP contribution in [0.1, 0.15) is 51.0 Å². The molecule has 1 aliphatic heterocycles. The lowest BCUT2D eigenvalue weighted by Gasteiger charge is -2.36. The van der Waals surface area contributed by atoms with Crippen molar-refractivity contribution in [1.29, 1.82) is 0 Å². The number of carbonyl (C=O) groups is 2. The zero-order valence-corrected chi connectivity index (χ0v) is 17.5. The van der Waals surface area contributed by atoms with Crippen molar-refractivity contribution < 1.29 is 14.3 Å². The van der Waals surface area contributed by atoms with Crippen molar-refractivity contribution in [2.45, 2.75) is 56.7 Å². The topological polar surface area (TPSA) is 49.9 Å². The summed E-state index contributed by atoms with van der Waals surface area (Å²) in [5.41, 5.74) is 1.02. The van der Waals surface area contributed by atoms with E-state index in [0.717, 1.165) is 30.6 Å². The van der Waals surface area contributed by atoms with E-state index in [4.69, 9.17) is 4.74 Å². The van der Waals surface area contributed by atoms with E-state index in [-0.39, 0.29) is 34.4 Å². The van der Waals surface area contributed by atoms with Gasteiger partial charge in [-0.3, -0.25) is 9.59 Å². The average Bonchev–Trinajstić information content (AvgIpc) is 2.88. The summed E-state index contributed by atoms with van der Waals surface area (Å²) >= 11 is 1.65. The Balaban J connectivity index is 1.75. The Kier molecular flexibility index (Phi) is 6.35. The molecule has 0 radical (unpaired) electrons. The van der Waals surface area contributed by atoms with Gasteiger partial charge in [-0.2, -0.15) is 0 Å². The van der Waals surface area contributed by atoms with E-state index < -0.39 is 0 Å². The Morgan fingerprint density at radius 1 is 1.33 bits per heavy atom. The van der Waals surface area contributed by atoms with Gasteiger partial charge in [-0.25, -0.2) is 0 Å². The molecule has 0 aromatic heterocycles. The number of thioether (sulfide) groups is 1. The summed E-state index contributed by atoms with van der Waals surface area (Å²) in [6.45, 7) is 7.19. The quantitative estimate of drug-likeness (QED) is 0.712. The number of rotatable bonds is 7. The lowest BCUT2D eigenvalue weighted by molar-refractivity contribution is -0.141. The summed E-state index contributed by atoms with van der Waals surface area (Å²) in [5.74, 6) is 1.36. The molecule has 2 amide bonds. The first-order chi connectivity index (χ1) is 12.9. The highest BCUT2D eigenvalue weighted by atomic mass is 32.2. The number of para-hydroxylation sites is 1. The smallest absolute Gasteiger partial charge is 0.236 e. The van der Waals surface area contributed by atoms with Crippen LogP contribution in [0.3, 0.4) is 0 Å². The largest absolute Gasteiger partial charge is 0.496 e. The minimum absolute atomic E-state index is 0.0727. The normalized spacial score (nSPS) is 22.9. The van der Waals surface area contributed by atoms with Crippen molar-refractivity contribution in [2.24, 2.45) is 5.92 Å². The fourth-order valence-corrected chi connectivity index (χ4v) is 5.08. The van der Waals surface area contributed by atoms with Gasteiger partial charge in [0.05, 0.1) is 12.4 Å². The van der Waals surface area contributed by atoms with Crippen LogP contribution in [0.4, 0.5) is 0 Å². The molecule has 2 atom stereocenters. The SMILES string of the molecule is COc1ccccc1[C@H]1S[C@@H](C)C(=O)N1CCN(C(=O)C1CCC1)C(C)C. The molecule has 5 nitrogen and oxygen atoms in total. The van der Waals surface area contributed by atoms with Gasteiger partial charge in [0.15, 0.2) is 0 Å². The molecule has 148 valence electrons. The first kappa shape index (κ1) is 20.1. The second-order valence-electron chi connectivity index (χ2n) is 7.66. The summed E-state index contributed by atoms with van der Waals surface area (Å²) < 4.78 is 5.52. The number of methoxy groups -OCH3 is 1. The molecule has 0 N–H and O–H groups in total. The van der Waals surface area contributed by atoms with Crippen LogP contribution in [-0.4, -0.2) is 53.1 Å². The summed E-state index contributed by atoms with van der Waals surface area (Å²) in [4.78, 5) is 29.4. The third-order valence-corrected chi connectivity index (χ3v) is 6.97. The molecule has 1 saturated carbocycles. The lowest BCUT2D eigenvalue weighted by atomic mass is 9.84. The summed E-state index contributed by atoms with van der Waals surface area (Å²) in [7, 11) is 1.66. The van der Waals surface area contributed by atoms with E-state index in [1.807, 2.05) is 41.0 Å². The third-order valence-electron chi connectivity index (χ3n) is 5.59. The van der Waals surface area contributed by atoms with Crippen molar-refractivity contribution >= 4 is 23.6 Å². The molecule has 1 heterocycles. The molecule has 0 bridgehead atoms. The lowest BCUT2D eigenvalue weighted by Crippen LogP contribution is -2.47. The zero-order valence-electron chi connectivity index (χ0n) is 16.7. The fourth-order valence-electron chi connectivity index (χ4n) is 3.74. The van der Waals surface area contributed by atoms with Crippen LogP contribution < -0.4 is 4.74 Å². The van der Waals surface area contributed by atoms with Gasteiger partial charge in [-0.05, 0) is 39.7 Å². The molecule has 1 aromatic carbocycles. The highest BCUT2D eigenvalue weighted by molar-refractivity contribution is 8.01. The monoisotopic (exact) mass is 390 g/mol. The first-order valence-electron chi connectivity index (χ1n) is 9.83. The zero-order chi connectivity index (χ0) is 19.6. The van der Waals surface area contributed by atoms with E-state index in [9.17, 15) is 9.59 Å². The fraction of sp³-hybridized carbons (Fsp3) is 0.619. The molecular weight excluding hydrogens is 360 g/mol. The molecule has 2 fully saturated rings. The van der Waals surface area contributed by atoms with Crippen LogP contribution >= 0.6 is 11.8 Å². The van der Waals surface area contributed by atoms with Gasteiger partial charge in [0.2, 0.25) is 11.8 Å². The first-order valence-corrected chi connectivity index (χ1v) is 10.8. The molecule has 2 aliphatic rings. The van der Waals surface area contributed by atoms with E-state index in [1.54, 1.807) is 18.9 Å². The third kappa shape index (κ3) is 4.10. The van der Waals surface area contributed by atoms with Crippen LogP contribution in [0, 0.1) is 5.92 Å². The predicted molar refractivity (Wildman–Crippen MR) is 109 cm³/mol. The highest BCUT2D eigenvalue weighted by Gasteiger charge is 2.40. The van der Waals surface area contributed by atoms with Crippen molar-refractivity contribution in [2.75, 3.05) is 20.2 Å². The molecule has 1 saturated heterocycles. The van der Waals surface area contributed by atoms with E-state index in [2.05, 4.69) is 13.8 Å². The Labute approximate surface area is 166 Å².